The van der Waals surface area contributed by atoms with E-state index in [-0.39, 0.29) is 5.41 Å². The van der Waals surface area contributed by atoms with Crippen molar-refractivity contribution in [2.45, 2.75) is 72.9 Å². The molecule has 1 heterocycles. The van der Waals surface area contributed by atoms with E-state index in [0.717, 1.165) is 18.5 Å². The van der Waals surface area contributed by atoms with Crippen LogP contribution in [0.4, 0.5) is 0 Å². The van der Waals surface area contributed by atoms with E-state index < -0.39 is 0 Å². The van der Waals surface area contributed by atoms with Gasteiger partial charge in [0.2, 0.25) is 0 Å². The standard InChI is InChI=1S/C20H30N2/c1-8-15(4)21-12-16-11-18(20(5,6)7)22-17-10-13(2)9-14(3)19(16)17/h9-11,15,21H,8,12H2,1-7H3. The molecular weight excluding hydrogens is 268 g/mol. The average molecular weight is 298 g/mol. The smallest absolute Gasteiger partial charge is 0.0714 e. The van der Waals surface area contributed by atoms with Crippen molar-refractivity contribution >= 4 is 10.9 Å². The van der Waals surface area contributed by atoms with Crippen LogP contribution < -0.4 is 5.32 Å². The van der Waals surface area contributed by atoms with Crippen LogP contribution in [-0.4, -0.2) is 11.0 Å². The number of benzene rings is 1. The fourth-order valence-electron chi connectivity index (χ4n) is 2.80. The highest BCUT2D eigenvalue weighted by molar-refractivity contribution is 5.86. The molecule has 0 aliphatic rings. The first-order chi connectivity index (χ1) is 10.2. The van der Waals surface area contributed by atoms with Gasteiger partial charge in [0.15, 0.2) is 0 Å². The molecule has 2 heteroatoms. The van der Waals surface area contributed by atoms with Gasteiger partial charge in [0, 0.05) is 29.1 Å². The highest BCUT2D eigenvalue weighted by Gasteiger charge is 2.19. The molecule has 0 saturated carbocycles. The van der Waals surface area contributed by atoms with E-state index in [1.807, 2.05) is 0 Å². The summed E-state index contributed by atoms with van der Waals surface area (Å²) in [5, 5.41) is 4.95. The molecule has 1 aromatic heterocycles. The van der Waals surface area contributed by atoms with Crippen LogP contribution in [0.15, 0.2) is 18.2 Å². The summed E-state index contributed by atoms with van der Waals surface area (Å²) in [6.07, 6.45) is 1.15. The minimum atomic E-state index is 0.0664. The Morgan fingerprint density at radius 1 is 1.14 bits per heavy atom. The molecule has 1 unspecified atom stereocenters. The molecule has 0 aliphatic carbocycles. The first-order valence-corrected chi connectivity index (χ1v) is 8.37. The third-order valence-electron chi connectivity index (χ3n) is 4.35. The van der Waals surface area contributed by atoms with E-state index in [1.165, 1.54) is 27.8 Å². The number of aromatic nitrogens is 1. The van der Waals surface area contributed by atoms with E-state index in [4.69, 9.17) is 4.98 Å². The third kappa shape index (κ3) is 3.67. The second-order valence-electron chi connectivity index (χ2n) is 7.58. The summed E-state index contributed by atoms with van der Waals surface area (Å²) in [6.45, 7) is 16.4. The molecule has 1 N–H and O–H groups in total. The van der Waals surface area contributed by atoms with Gasteiger partial charge >= 0.3 is 0 Å². The van der Waals surface area contributed by atoms with Crippen molar-refractivity contribution in [2.24, 2.45) is 0 Å². The number of hydrogen-bond donors (Lipinski definition) is 1. The molecule has 0 fully saturated rings. The quantitative estimate of drug-likeness (QED) is 0.855. The normalized spacial score (nSPS) is 13.6. The van der Waals surface area contributed by atoms with Crippen LogP contribution in [0.25, 0.3) is 10.9 Å². The van der Waals surface area contributed by atoms with Crippen molar-refractivity contribution in [3.63, 3.8) is 0 Å². The maximum absolute atomic E-state index is 4.95. The number of pyridine rings is 1. The lowest BCUT2D eigenvalue weighted by atomic mass is 9.89. The van der Waals surface area contributed by atoms with Crippen LogP contribution in [0.5, 0.6) is 0 Å². The number of aryl methyl sites for hydroxylation is 2. The maximum Gasteiger partial charge on any atom is 0.0714 e. The molecule has 2 aromatic rings. The lowest BCUT2D eigenvalue weighted by molar-refractivity contribution is 0.532. The Bertz CT molecular complexity index is 665. The van der Waals surface area contributed by atoms with Gasteiger partial charge in [-0.15, -0.1) is 0 Å². The Labute approximate surface area is 135 Å². The molecular formula is C20H30N2. The van der Waals surface area contributed by atoms with Crippen LogP contribution >= 0.6 is 0 Å². The van der Waals surface area contributed by atoms with Crippen molar-refractivity contribution in [2.75, 3.05) is 0 Å². The molecule has 2 nitrogen and oxygen atoms in total. The van der Waals surface area contributed by atoms with Crippen LogP contribution in [0, 0.1) is 13.8 Å². The number of hydrogen-bond acceptors (Lipinski definition) is 2. The van der Waals surface area contributed by atoms with Crippen molar-refractivity contribution in [1.82, 2.24) is 10.3 Å². The van der Waals surface area contributed by atoms with Crippen LogP contribution in [-0.2, 0) is 12.0 Å². The molecule has 1 aromatic carbocycles. The van der Waals surface area contributed by atoms with E-state index in [0.29, 0.717) is 6.04 Å². The molecule has 0 amide bonds. The summed E-state index contributed by atoms with van der Waals surface area (Å²) < 4.78 is 0. The maximum atomic E-state index is 4.95. The molecule has 0 aliphatic heterocycles. The van der Waals surface area contributed by atoms with E-state index >= 15 is 0 Å². The second kappa shape index (κ2) is 6.37. The summed E-state index contributed by atoms with van der Waals surface area (Å²) in [5.41, 5.74) is 6.34. The summed E-state index contributed by atoms with van der Waals surface area (Å²) in [7, 11) is 0. The third-order valence-corrected chi connectivity index (χ3v) is 4.35. The predicted molar refractivity (Wildman–Crippen MR) is 96.5 cm³/mol. The first kappa shape index (κ1) is 17.0. The first-order valence-electron chi connectivity index (χ1n) is 8.37. The Kier molecular flexibility index (Phi) is 4.91. The van der Waals surface area contributed by atoms with Crippen molar-refractivity contribution in [1.29, 1.82) is 0 Å². The van der Waals surface area contributed by atoms with E-state index in [2.05, 4.69) is 72.0 Å². The highest BCUT2D eigenvalue weighted by Crippen LogP contribution is 2.29. The minimum absolute atomic E-state index is 0.0664. The topological polar surface area (TPSA) is 24.9 Å². The van der Waals surface area contributed by atoms with Gasteiger partial charge in [0.1, 0.15) is 0 Å². The lowest BCUT2D eigenvalue weighted by Crippen LogP contribution is -2.25. The lowest BCUT2D eigenvalue weighted by Gasteiger charge is -2.22. The number of nitrogens with zero attached hydrogens (tertiary/aromatic N) is 1. The highest BCUT2D eigenvalue weighted by atomic mass is 14.9. The molecule has 22 heavy (non-hydrogen) atoms. The summed E-state index contributed by atoms with van der Waals surface area (Å²) in [4.78, 5) is 4.95. The Balaban J connectivity index is 2.59. The molecule has 2 rings (SSSR count). The van der Waals surface area contributed by atoms with Gasteiger partial charge in [0.25, 0.3) is 0 Å². The van der Waals surface area contributed by atoms with Gasteiger partial charge < -0.3 is 5.32 Å². The van der Waals surface area contributed by atoms with Crippen molar-refractivity contribution in [3.05, 3.63) is 40.6 Å². The van der Waals surface area contributed by atoms with Gasteiger partial charge in [-0.3, -0.25) is 4.98 Å². The van der Waals surface area contributed by atoms with Crippen molar-refractivity contribution in [3.8, 4) is 0 Å². The van der Waals surface area contributed by atoms with Gasteiger partial charge in [-0.05, 0) is 56.0 Å². The molecule has 0 spiro atoms. The number of rotatable bonds is 4. The number of nitrogens with one attached hydrogen (secondary N) is 1. The summed E-state index contributed by atoms with van der Waals surface area (Å²) in [6, 6.07) is 7.30. The zero-order valence-corrected chi connectivity index (χ0v) is 15.2. The Hall–Kier alpha value is -1.41. The zero-order chi connectivity index (χ0) is 16.5. The van der Waals surface area contributed by atoms with Crippen LogP contribution in [0.2, 0.25) is 0 Å². The predicted octanol–water partition coefficient (Wildman–Crippen LogP) is 5.04. The fourth-order valence-corrected chi connectivity index (χ4v) is 2.80. The monoisotopic (exact) mass is 298 g/mol. The largest absolute Gasteiger partial charge is 0.310 e. The molecule has 0 bridgehead atoms. The fraction of sp³-hybridized carbons (Fsp3) is 0.550. The molecule has 0 radical (unpaired) electrons. The Morgan fingerprint density at radius 3 is 2.41 bits per heavy atom. The van der Waals surface area contributed by atoms with Gasteiger partial charge in [-0.25, -0.2) is 0 Å². The second-order valence-corrected chi connectivity index (χ2v) is 7.58. The SMILES string of the molecule is CCC(C)NCc1cc(C(C)(C)C)nc2cc(C)cc(C)c12. The Morgan fingerprint density at radius 2 is 1.82 bits per heavy atom. The summed E-state index contributed by atoms with van der Waals surface area (Å²) in [5.74, 6) is 0. The molecule has 0 saturated heterocycles. The molecule has 120 valence electrons. The van der Waals surface area contributed by atoms with E-state index in [1.54, 1.807) is 0 Å². The minimum Gasteiger partial charge on any atom is -0.310 e. The van der Waals surface area contributed by atoms with Crippen LogP contribution in [0.1, 0.15) is 63.4 Å². The summed E-state index contributed by atoms with van der Waals surface area (Å²) >= 11 is 0. The van der Waals surface area contributed by atoms with Gasteiger partial charge in [0.05, 0.1) is 5.52 Å². The van der Waals surface area contributed by atoms with Crippen molar-refractivity contribution < 1.29 is 0 Å². The molecule has 1 atom stereocenters. The van der Waals surface area contributed by atoms with Gasteiger partial charge in [-0.2, -0.15) is 0 Å². The van der Waals surface area contributed by atoms with Crippen LogP contribution in [0.3, 0.4) is 0 Å². The van der Waals surface area contributed by atoms with Gasteiger partial charge in [-0.1, -0.05) is 33.8 Å². The average Bonchev–Trinajstić information content (AvgIpc) is 2.42. The zero-order valence-electron chi connectivity index (χ0n) is 15.2. The number of fused-ring (bicyclic) bond motifs is 1. The van der Waals surface area contributed by atoms with E-state index in [9.17, 15) is 0 Å².